The maximum Gasteiger partial charge on any atom is 0.338 e. The highest BCUT2D eigenvalue weighted by Gasteiger charge is 2.19. The van der Waals surface area contributed by atoms with E-state index >= 15 is 0 Å². The second kappa shape index (κ2) is 10.0. The number of hydrogen-bond acceptors (Lipinski definition) is 5. The lowest BCUT2D eigenvalue weighted by molar-refractivity contribution is -0.121. The second-order valence-corrected chi connectivity index (χ2v) is 6.63. The summed E-state index contributed by atoms with van der Waals surface area (Å²) >= 11 is 0. The smallest absolute Gasteiger partial charge is 0.338 e. The third kappa shape index (κ3) is 6.47. The molecule has 7 heteroatoms. The van der Waals surface area contributed by atoms with Gasteiger partial charge in [0.2, 0.25) is 5.91 Å². The van der Waals surface area contributed by atoms with Crippen LogP contribution in [0.15, 0.2) is 42.5 Å². The van der Waals surface area contributed by atoms with Gasteiger partial charge in [-0.15, -0.1) is 0 Å². The molecule has 0 heterocycles. The molecule has 0 radical (unpaired) electrons. The molecule has 0 atom stereocenters. The molecule has 2 amide bonds. The summed E-state index contributed by atoms with van der Waals surface area (Å²) in [4.78, 5) is 37.4. The predicted octanol–water partition coefficient (Wildman–Crippen LogP) is 3.37. The zero-order valence-corrected chi connectivity index (χ0v) is 16.7. The summed E-state index contributed by atoms with van der Waals surface area (Å²) in [5.74, 6) is -1.27. The Hall–Kier alpha value is -3.66. The fraction of sp³-hybridized carbons (Fsp3) is 0.273. The Kier molecular flexibility index (Phi) is 7.49. The minimum Gasteiger partial charge on any atom is -0.452 e. The minimum atomic E-state index is -0.645. The van der Waals surface area contributed by atoms with Gasteiger partial charge in [0.1, 0.15) is 0 Å². The number of anilines is 2. The van der Waals surface area contributed by atoms with Gasteiger partial charge in [-0.05, 0) is 61.4 Å². The first-order valence-corrected chi connectivity index (χ1v) is 9.10. The molecule has 2 rings (SSSR count). The normalized spacial score (nSPS) is 10.0. The molecular formula is C22H23N3O4. The van der Waals surface area contributed by atoms with E-state index < -0.39 is 18.5 Å². The van der Waals surface area contributed by atoms with Crippen LogP contribution in [0, 0.1) is 25.2 Å². The predicted molar refractivity (Wildman–Crippen MR) is 110 cm³/mol. The number of nitrogens with one attached hydrogen (secondary N) is 1. The molecule has 0 aliphatic heterocycles. The van der Waals surface area contributed by atoms with E-state index in [1.54, 1.807) is 12.1 Å². The molecule has 0 aliphatic carbocycles. The molecule has 1 N–H and O–H groups in total. The summed E-state index contributed by atoms with van der Waals surface area (Å²) in [7, 11) is 0. The summed E-state index contributed by atoms with van der Waals surface area (Å²) < 4.78 is 5.15. The van der Waals surface area contributed by atoms with Gasteiger partial charge >= 0.3 is 5.97 Å². The largest absolute Gasteiger partial charge is 0.452 e. The van der Waals surface area contributed by atoms with Gasteiger partial charge in [0.15, 0.2) is 6.61 Å². The summed E-state index contributed by atoms with van der Waals surface area (Å²) in [6.45, 7) is 5.01. The number of nitriles is 1. The van der Waals surface area contributed by atoms with Crippen LogP contribution in [-0.2, 0) is 14.3 Å². The van der Waals surface area contributed by atoms with Crippen LogP contribution in [0.5, 0.6) is 0 Å². The van der Waals surface area contributed by atoms with Crippen molar-refractivity contribution in [1.82, 2.24) is 0 Å². The zero-order chi connectivity index (χ0) is 21.4. The van der Waals surface area contributed by atoms with E-state index in [0.717, 1.165) is 11.1 Å². The first-order chi connectivity index (χ1) is 13.8. The first-order valence-electron chi connectivity index (χ1n) is 9.10. The van der Waals surface area contributed by atoms with Gasteiger partial charge in [-0.1, -0.05) is 6.07 Å². The van der Waals surface area contributed by atoms with Crippen LogP contribution in [0.2, 0.25) is 0 Å². The first kappa shape index (κ1) is 21.6. The Labute approximate surface area is 169 Å². The molecule has 29 heavy (non-hydrogen) atoms. The van der Waals surface area contributed by atoms with Crippen molar-refractivity contribution < 1.29 is 19.1 Å². The summed E-state index contributed by atoms with van der Waals surface area (Å²) in [6.07, 6.45) is 0.164. The van der Waals surface area contributed by atoms with Crippen molar-refractivity contribution in [2.45, 2.75) is 27.2 Å². The Balaban J connectivity index is 2.06. The van der Waals surface area contributed by atoms with Crippen molar-refractivity contribution >= 4 is 29.2 Å². The minimum absolute atomic E-state index is 0.164. The number of carbonyl (C=O) groups excluding carboxylic acids is 3. The Morgan fingerprint density at radius 3 is 2.24 bits per heavy atom. The van der Waals surface area contributed by atoms with Gasteiger partial charge in [-0.2, -0.15) is 5.26 Å². The molecule has 2 aromatic carbocycles. The van der Waals surface area contributed by atoms with Crippen molar-refractivity contribution in [2.75, 3.05) is 23.4 Å². The van der Waals surface area contributed by atoms with Crippen LogP contribution in [-0.4, -0.2) is 30.9 Å². The molecule has 0 saturated heterocycles. The SMILES string of the molecule is CC(=O)Nc1ccc(C(=O)OCC(=O)N(CCC#N)c2cc(C)cc(C)c2)cc1. The number of nitrogens with zero attached hydrogens (tertiary/aromatic N) is 2. The maximum atomic E-state index is 12.7. The van der Waals surface area contributed by atoms with E-state index in [-0.39, 0.29) is 24.4 Å². The van der Waals surface area contributed by atoms with E-state index in [1.165, 1.54) is 24.0 Å². The Bertz CT molecular complexity index is 925. The molecule has 0 aliphatic rings. The van der Waals surface area contributed by atoms with Crippen LogP contribution < -0.4 is 10.2 Å². The summed E-state index contributed by atoms with van der Waals surface area (Å²) in [6, 6.07) is 13.9. The van der Waals surface area contributed by atoms with Crippen LogP contribution in [0.1, 0.15) is 34.8 Å². The van der Waals surface area contributed by atoms with E-state index in [9.17, 15) is 14.4 Å². The fourth-order valence-electron chi connectivity index (χ4n) is 2.85. The van der Waals surface area contributed by atoms with Crippen molar-refractivity contribution in [2.24, 2.45) is 0 Å². The maximum absolute atomic E-state index is 12.7. The number of aryl methyl sites for hydroxylation is 2. The fourth-order valence-corrected chi connectivity index (χ4v) is 2.85. The van der Waals surface area contributed by atoms with E-state index in [4.69, 9.17) is 10.00 Å². The third-order valence-electron chi connectivity index (χ3n) is 4.03. The molecule has 0 spiro atoms. The number of esters is 1. The molecule has 0 fully saturated rings. The van der Waals surface area contributed by atoms with Crippen LogP contribution in [0.25, 0.3) is 0 Å². The monoisotopic (exact) mass is 393 g/mol. The van der Waals surface area contributed by atoms with Crippen molar-refractivity contribution in [3.63, 3.8) is 0 Å². The highest BCUT2D eigenvalue weighted by atomic mass is 16.5. The molecular weight excluding hydrogens is 370 g/mol. The average molecular weight is 393 g/mol. The lowest BCUT2D eigenvalue weighted by atomic mass is 10.1. The average Bonchev–Trinajstić information content (AvgIpc) is 2.65. The molecule has 0 unspecified atom stereocenters. The second-order valence-electron chi connectivity index (χ2n) is 6.63. The van der Waals surface area contributed by atoms with Crippen LogP contribution in [0.4, 0.5) is 11.4 Å². The van der Waals surface area contributed by atoms with Gasteiger partial charge in [-0.3, -0.25) is 9.59 Å². The van der Waals surface area contributed by atoms with Crippen LogP contribution in [0.3, 0.4) is 0 Å². The highest BCUT2D eigenvalue weighted by Crippen LogP contribution is 2.20. The third-order valence-corrected chi connectivity index (χ3v) is 4.03. The molecule has 0 aromatic heterocycles. The van der Waals surface area contributed by atoms with Crippen molar-refractivity contribution in [1.29, 1.82) is 5.26 Å². The number of amides is 2. The van der Waals surface area contributed by atoms with Crippen molar-refractivity contribution in [3.05, 3.63) is 59.2 Å². The molecule has 150 valence electrons. The number of carbonyl (C=O) groups is 3. The zero-order valence-electron chi connectivity index (χ0n) is 16.7. The number of rotatable bonds is 7. The van der Waals surface area contributed by atoms with Gasteiger partial charge in [0, 0.05) is 24.8 Å². The quantitative estimate of drug-likeness (QED) is 0.727. The standard InChI is InChI=1S/C22H23N3O4/c1-15-11-16(2)13-20(12-15)25(10-4-9-23)21(27)14-29-22(28)18-5-7-19(8-6-18)24-17(3)26/h5-8,11-13H,4,10,14H2,1-3H3,(H,24,26). The Morgan fingerprint density at radius 2 is 1.69 bits per heavy atom. The molecule has 2 aromatic rings. The van der Waals surface area contributed by atoms with E-state index in [1.807, 2.05) is 38.1 Å². The summed E-state index contributed by atoms with van der Waals surface area (Å²) in [5, 5.41) is 11.5. The number of hydrogen-bond donors (Lipinski definition) is 1. The lowest BCUT2D eigenvalue weighted by Crippen LogP contribution is -2.35. The van der Waals surface area contributed by atoms with E-state index in [0.29, 0.717) is 11.4 Å². The molecule has 0 bridgehead atoms. The van der Waals surface area contributed by atoms with Crippen LogP contribution >= 0.6 is 0 Å². The topological polar surface area (TPSA) is 99.5 Å². The summed E-state index contributed by atoms with van der Waals surface area (Å²) in [5.41, 5.74) is 3.47. The number of benzene rings is 2. The lowest BCUT2D eigenvalue weighted by Gasteiger charge is -2.22. The van der Waals surface area contributed by atoms with Gasteiger partial charge in [-0.25, -0.2) is 4.79 Å². The molecule has 0 saturated carbocycles. The van der Waals surface area contributed by atoms with Gasteiger partial charge < -0.3 is 15.0 Å². The van der Waals surface area contributed by atoms with Gasteiger partial charge in [0.05, 0.1) is 18.1 Å². The van der Waals surface area contributed by atoms with E-state index in [2.05, 4.69) is 5.32 Å². The number of ether oxygens (including phenoxy) is 1. The Morgan fingerprint density at radius 1 is 1.07 bits per heavy atom. The molecule has 7 nitrogen and oxygen atoms in total. The highest BCUT2D eigenvalue weighted by molar-refractivity contribution is 5.97. The van der Waals surface area contributed by atoms with Crippen molar-refractivity contribution in [3.8, 4) is 6.07 Å². The van der Waals surface area contributed by atoms with Gasteiger partial charge in [0.25, 0.3) is 5.91 Å².